The number of hydrogen-bond acceptors (Lipinski definition) is 8. The van der Waals surface area contributed by atoms with E-state index in [1.54, 1.807) is 23.6 Å². The summed E-state index contributed by atoms with van der Waals surface area (Å²) in [5, 5.41) is 20.8. The summed E-state index contributed by atoms with van der Waals surface area (Å²) in [5.41, 5.74) is 11.6. The average Bonchev–Trinajstić information content (AvgIpc) is 3.68. The second-order valence-electron chi connectivity index (χ2n) is 11.4. The Labute approximate surface area is 233 Å². The van der Waals surface area contributed by atoms with Crippen LogP contribution in [0.4, 0.5) is 11.4 Å². The summed E-state index contributed by atoms with van der Waals surface area (Å²) in [6.07, 6.45) is 9.23. The van der Waals surface area contributed by atoms with E-state index in [1.807, 2.05) is 42.1 Å². The predicted molar refractivity (Wildman–Crippen MR) is 158 cm³/mol. The third-order valence-electron chi connectivity index (χ3n) is 6.86. The second kappa shape index (κ2) is 10.3. The van der Waals surface area contributed by atoms with Gasteiger partial charge in [-0.2, -0.15) is 5.26 Å². The summed E-state index contributed by atoms with van der Waals surface area (Å²) >= 11 is 6.76. The van der Waals surface area contributed by atoms with Gasteiger partial charge in [0.1, 0.15) is 11.7 Å². The molecule has 0 radical (unpaired) electrons. The standard InChI is InChI=1S/C29H34ClN9/c1-29(2,3)16-36-25-17(13-31)14-35-26-22(25)11-18(12-23(26)30)37-27(24(32)15-39(33)19-5-6-19)20-7-9-34-28-21(20)8-10-38(28)4/h7-12,14-15,19,27,37H,5-6,16,32-33H2,1-4H3,(H,35,36)/b24-15-/t27-/m0/s1. The number of aryl methyl sites for hydroxylation is 1. The molecule has 3 aromatic heterocycles. The lowest BCUT2D eigenvalue weighted by Crippen LogP contribution is -2.30. The van der Waals surface area contributed by atoms with Gasteiger partial charge < -0.3 is 25.9 Å². The van der Waals surface area contributed by atoms with Crippen molar-refractivity contribution in [2.75, 3.05) is 17.2 Å². The molecule has 0 aliphatic heterocycles. The van der Waals surface area contributed by atoms with Crippen molar-refractivity contribution in [3.05, 3.63) is 70.9 Å². The number of hydrazine groups is 1. The zero-order valence-electron chi connectivity index (χ0n) is 22.7. The second-order valence-corrected chi connectivity index (χ2v) is 11.8. The lowest BCUT2D eigenvalue weighted by atomic mass is 9.96. The van der Waals surface area contributed by atoms with Gasteiger partial charge in [0.15, 0.2) is 0 Å². The van der Waals surface area contributed by atoms with Crippen LogP contribution in [0.3, 0.4) is 0 Å². The molecular weight excluding hydrogens is 510 g/mol. The fourth-order valence-corrected chi connectivity index (χ4v) is 4.91. The molecule has 202 valence electrons. The van der Waals surface area contributed by atoms with Gasteiger partial charge in [-0.15, -0.1) is 0 Å². The van der Waals surface area contributed by atoms with Gasteiger partial charge in [0.2, 0.25) is 0 Å². The zero-order chi connectivity index (χ0) is 27.9. The quantitative estimate of drug-likeness (QED) is 0.171. The van der Waals surface area contributed by atoms with Crippen LogP contribution in [0, 0.1) is 16.7 Å². The van der Waals surface area contributed by atoms with E-state index in [9.17, 15) is 5.26 Å². The number of pyridine rings is 2. The predicted octanol–water partition coefficient (Wildman–Crippen LogP) is 5.40. The molecule has 1 saturated carbocycles. The molecule has 1 aliphatic rings. The van der Waals surface area contributed by atoms with Crippen LogP contribution in [0.2, 0.25) is 5.02 Å². The van der Waals surface area contributed by atoms with Crippen molar-refractivity contribution in [1.29, 1.82) is 5.26 Å². The molecule has 0 bridgehead atoms. The average molecular weight is 544 g/mol. The highest BCUT2D eigenvalue weighted by atomic mass is 35.5. The first kappa shape index (κ1) is 26.6. The third kappa shape index (κ3) is 5.58. The summed E-state index contributed by atoms with van der Waals surface area (Å²) in [6, 6.07) is 9.94. The molecule has 10 heteroatoms. The summed E-state index contributed by atoms with van der Waals surface area (Å²) in [5.74, 6) is 6.29. The van der Waals surface area contributed by atoms with Gasteiger partial charge >= 0.3 is 0 Å². The number of anilines is 2. The molecule has 1 fully saturated rings. The van der Waals surface area contributed by atoms with Crippen molar-refractivity contribution in [3.8, 4) is 6.07 Å². The molecule has 39 heavy (non-hydrogen) atoms. The van der Waals surface area contributed by atoms with Gasteiger partial charge in [-0.3, -0.25) is 4.98 Å². The molecule has 4 aromatic rings. The number of hydrogen-bond donors (Lipinski definition) is 4. The summed E-state index contributed by atoms with van der Waals surface area (Å²) < 4.78 is 1.98. The smallest absolute Gasteiger partial charge is 0.139 e. The number of nitriles is 1. The van der Waals surface area contributed by atoms with E-state index in [0.717, 1.165) is 40.5 Å². The highest BCUT2D eigenvalue weighted by Crippen LogP contribution is 2.37. The van der Waals surface area contributed by atoms with Gasteiger partial charge in [0.05, 0.1) is 33.5 Å². The van der Waals surface area contributed by atoms with Gasteiger partial charge in [-0.25, -0.2) is 10.8 Å². The van der Waals surface area contributed by atoms with Gasteiger partial charge in [-0.1, -0.05) is 32.4 Å². The Morgan fingerprint density at radius 3 is 2.74 bits per heavy atom. The fraction of sp³-hybridized carbons (Fsp3) is 0.345. The Morgan fingerprint density at radius 1 is 1.28 bits per heavy atom. The van der Waals surface area contributed by atoms with Crippen LogP contribution in [-0.2, 0) is 7.05 Å². The zero-order valence-corrected chi connectivity index (χ0v) is 23.4. The Morgan fingerprint density at radius 2 is 2.05 bits per heavy atom. The van der Waals surface area contributed by atoms with Gasteiger partial charge in [-0.05, 0) is 48.1 Å². The largest absolute Gasteiger partial charge is 0.399 e. The first-order valence-electron chi connectivity index (χ1n) is 13.0. The van der Waals surface area contributed by atoms with E-state index in [2.05, 4.69) is 47.4 Å². The van der Waals surface area contributed by atoms with Crippen molar-refractivity contribution in [3.63, 3.8) is 0 Å². The van der Waals surface area contributed by atoms with Crippen molar-refractivity contribution in [2.24, 2.45) is 24.0 Å². The van der Waals surface area contributed by atoms with Crippen LogP contribution < -0.4 is 22.2 Å². The number of aromatic nitrogens is 3. The number of halogens is 1. The first-order chi connectivity index (χ1) is 18.6. The molecule has 1 aromatic carbocycles. The Hall–Kier alpha value is -4.00. The topological polar surface area (TPSA) is 134 Å². The van der Waals surface area contributed by atoms with Crippen LogP contribution in [0.5, 0.6) is 0 Å². The van der Waals surface area contributed by atoms with E-state index in [-0.39, 0.29) is 5.41 Å². The molecule has 0 amide bonds. The van der Waals surface area contributed by atoms with Crippen LogP contribution in [-0.4, -0.2) is 32.1 Å². The number of fused-ring (bicyclic) bond motifs is 2. The highest BCUT2D eigenvalue weighted by Gasteiger charge is 2.27. The van der Waals surface area contributed by atoms with E-state index < -0.39 is 6.04 Å². The molecule has 5 rings (SSSR count). The fourth-order valence-electron chi connectivity index (χ4n) is 4.64. The van der Waals surface area contributed by atoms with Crippen LogP contribution in [0.1, 0.15) is 50.8 Å². The third-order valence-corrected chi connectivity index (χ3v) is 7.15. The maximum Gasteiger partial charge on any atom is 0.139 e. The summed E-state index contributed by atoms with van der Waals surface area (Å²) in [7, 11) is 1.96. The molecule has 6 N–H and O–H groups in total. The maximum absolute atomic E-state index is 9.82. The van der Waals surface area contributed by atoms with Crippen LogP contribution in [0.25, 0.3) is 21.9 Å². The van der Waals surface area contributed by atoms with Crippen molar-refractivity contribution in [2.45, 2.75) is 45.7 Å². The highest BCUT2D eigenvalue weighted by molar-refractivity contribution is 6.35. The molecular formula is C29H34ClN9. The minimum atomic E-state index is -0.422. The molecule has 1 atom stereocenters. The van der Waals surface area contributed by atoms with Gasteiger partial charge in [0.25, 0.3) is 0 Å². The van der Waals surface area contributed by atoms with Crippen LogP contribution >= 0.6 is 11.6 Å². The molecule has 0 unspecified atom stereocenters. The monoisotopic (exact) mass is 543 g/mol. The maximum atomic E-state index is 9.82. The van der Waals surface area contributed by atoms with E-state index in [4.69, 9.17) is 23.2 Å². The van der Waals surface area contributed by atoms with E-state index in [0.29, 0.717) is 40.1 Å². The lowest BCUT2D eigenvalue weighted by molar-refractivity contribution is 0.378. The number of rotatable bonds is 8. The minimum Gasteiger partial charge on any atom is -0.399 e. The van der Waals surface area contributed by atoms with Crippen LogP contribution in [0.15, 0.2) is 54.8 Å². The molecule has 1 aliphatic carbocycles. The number of nitrogens with one attached hydrogen (secondary N) is 2. The number of benzene rings is 1. The molecule has 0 spiro atoms. The normalized spacial score (nSPS) is 14.8. The SMILES string of the molecule is Cn1ccc2c([C@H](Nc3cc(Cl)c4ncc(C#N)c(NCC(C)(C)C)c4c3)/C(N)=C/N(N)C3CC3)ccnc21. The number of nitrogens with two attached hydrogens (primary N) is 2. The summed E-state index contributed by atoms with van der Waals surface area (Å²) in [6.45, 7) is 7.08. The Kier molecular flexibility index (Phi) is 7.02. The van der Waals surface area contributed by atoms with Crippen molar-refractivity contribution < 1.29 is 0 Å². The molecule has 0 saturated heterocycles. The molecule has 3 heterocycles. The van der Waals surface area contributed by atoms with Crippen molar-refractivity contribution >= 4 is 44.9 Å². The van der Waals surface area contributed by atoms with E-state index in [1.165, 1.54) is 0 Å². The number of nitrogens with zero attached hydrogens (tertiary/aromatic N) is 5. The lowest BCUT2D eigenvalue weighted by Gasteiger charge is -2.25. The van der Waals surface area contributed by atoms with E-state index >= 15 is 0 Å². The molecule has 9 nitrogen and oxygen atoms in total. The van der Waals surface area contributed by atoms with Gasteiger partial charge in [0, 0.05) is 60.9 Å². The Balaban J connectivity index is 1.62. The first-order valence-corrected chi connectivity index (χ1v) is 13.4. The summed E-state index contributed by atoms with van der Waals surface area (Å²) in [4.78, 5) is 9.03. The minimum absolute atomic E-state index is 0.00434. The Bertz CT molecular complexity index is 1610. The van der Waals surface area contributed by atoms with Crippen molar-refractivity contribution in [1.82, 2.24) is 19.5 Å².